The molecule has 1 aliphatic carbocycles. The van der Waals surface area contributed by atoms with E-state index in [1.807, 2.05) is 18.5 Å². The number of aromatic nitrogens is 3. The Hall–Kier alpha value is -3.53. The van der Waals surface area contributed by atoms with Gasteiger partial charge in [-0.1, -0.05) is 73.0 Å². The van der Waals surface area contributed by atoms with Crippen LogP contribution in [0.3, 0.4) is 0 Å². The lowest BCUT2D eigenvalue weighted by Gasteiger charge is -2.45. The Kier molecular flexibility index (Phi) is 6.03. The zero-order chi connectivity index (χ0) is 23.6. The molecule has 1 saturated heterocycles. The first kappa shape index (κ1) is 22.0. The van der Waals surface area contributed by atoms with Gasteiger partial charge in [0.25, 0.3) is 0 Å². The van der Waals surface area contributed by atoms with Crippen molar-refractivity contribution in [3.8, 4) is 33.8 Å². The van der Waals surface area contributed by atoms with Crippen molar-refractivity contribution in [2.75, 3.05) is 11.4 Å². The molecule has 2 aromatic heterocycles. The molecule has 2 aromatic carbocycles. The van der Waals surface area contributed by atoms with E-state index >= 15 is 0 Å². The van der Waals surface area contributed by atoms with Crippen LogP contribution in [0.2, 0.25) is 0 Å². The summed E-state index contributed by atoms with van der Waals surface area (Å²) in [5.41, 5.74) is 6.55. The topological polar surface area (TPSA) is 41.9 Å². The second kappa shape index (κ2) is 9.61. The van der Waals surface area contributed by atoms with E-state index in [1.54, 1.807) is 0 Å². The summed E-state index contributed by atoms with van der Waals surface area (Å²) in [6.07, 6.45) is 11.8. The van der Waals surface area contributed by atoms with Crippen LogP contribution in [0.15, 0.2) is 79.1 Å². The third-order valence-corrected chi connectivity index (χ3v) is 7.70. The van der Waals surface area contributed by atoms with E-state index in [0.29, 0.717) is 6.04 Å². The van der Waals surface area contributed by atoms with Gasteiger partial charge in [0.1, 0.15) is 5.82 Å². The van der Waals surface area contributed by atoms with Crippen LogP contribution in [0.5, 0.6) is 0 Å². The normalized spacial score (nSPS) is 19.9. The van der Waals surface area contributed by atoms with Crippen LogP contribution < -0.4 is 4.90 Å². The van der Waals surface area contributed by atoms with Crippen LogP contribution >= 0.6 is 0 Å². The number of fused-ring (bicyclic) bond motifs is 1. The smallest absolute Gasteiger partial charge is 0.162 e. The number of pyridine rings is 1. The number of aryl methyl sites for hydroxylation is 1. The molecule has 0 amide bonds. The van der Waals surface area contributed by atoms with E-state index < -0.39 is 0 Å². The Bertz CT molecular complexity index is 1300. The van der Waals surface area contributed by atoms with Gasteiger partial charge in [0.05, 0.1) is 5.69 Å². The van der Waals surface area contributed by atoms with Gasteiger partial charge in [0.15, 0.2) is 5.82 Å². The third-order valence-electron chi connectivity index (χ3n) is 7.70. The molecule has 35 heavy (non-hydrogen) atoms. The molecular formula is C31H32N4. The molecule has 4 heteroatoms. The van der Waals surface area contributed by atoms with Crippen LogP contribution in [0, 0.1) is 12.8 Å². The quantitative estimate of drug-likeness (QED) is 0.319. The van der Waals surface area contributed by atoms with Crippen LogP contribution in [-0.4, -0.2) is 27.5 Å². The lowest BCUT2D eigenvalue weighted by atomic mass is 9.78. The van der Waals surface area contributed by atoms with E-state index in [1.165, 1.54) is 49.7 Å². The van der Waals surface area contributed by atoms with Crippen LogP contribution in [-0.2, 0) is 0 Å². The van der Waals surface area contributed by atoms with Crippen LogP contribution in [0.25, 0.3) is 33.8 Å². The number of piperidine rings is 1. The highest BCUT2D eigenvalue weighted by Crippen LogP contribution is 2.38. The molecule has 4 aromatic rings. The van der Waals surface area contributed by atoms with Crippen LogP contribution in [0.1, 0.15) is 44.1 Å². The summed E-state index contributed by atoms with van der Waals surface area (Å²) in [7, 11) is 0. The van der Waals surface area contributed by atoms with Gasteiger partial charge in [-0.15, -0.1) is 0 Å². The molecule has 0 spiro atoms. The number of hydrogen-bond acceptors (Lipinski definition) is 4. The van der Waals surface area contributed by atoms with E-state index in [-0.39, 0.29) is 0 Å². The highest BCUT2D eigenvalue weighted by atomic mass is 15.2. The van der Waals surface area contributed by atoms with Crippen molar-refractivity contribution in [1.29, 1.82) is 0 Å². The lowest BCUT2D eigenvalue weighted by molar-refractivity contribution is 0.243. The Labute approximate surface area is 208 Å². The SMILES string of the molecule is Cc1ccc(-c2cncc(-c3cc(N4CCCC5CCCCC54)nc(-c4ccccc4)n3)c2)cc1. The minimum Gasteiger partial charge on any atom is -0.353 e. The first-order valence-corrected chi connectivity index (χ1v) is 13.0. The Morgan fingerprint density at radius 2 is 1.49 bits per heavy atom. The van der Waals surface area contributed by atoms with Gasteiger partial charge in [-0.05, 0) is 50.2 Å². The summed E-state index contributed by atoms with van der Waals surface area (Å²) >= 11 is 0. The second-order valence-corrected chi connectivity index (χ2v) is 10.1. The number of anilines is 1. The molecule has 0 radical (unpaired) electrons. The van der Waals surface area contributed by atoms with Gasteiger partial charge >= 0.3 is 0 Å². The minimum atomic E-state index is 0.598. The van der Waals surface area contributed by atoms with Crippen LogP contribution in [0.4, 0.5) is 5.82 Å². The number of nitrogens with zero attached hydrogens (tertiary/aromatic N) is 4. The van der Waals surface area contributed by atoms with Crippen molar-refractivity contribution in [2.24, 2.45) is 5.92 Å². The van der Waals surface area contributed by atoms with Gasteiger partial charge in [-0.3, -0.25) is 4.98 Å². The zero-order valence-corrected chi connectivity index (χ0v) is 20.4. The fourth-order valence-corrected chi connectivity index (χ4v) is 5.84. The van der Waals surface area contributed by atoms with Crippen molar-refractivity contribution < 1.29 is 0 Å². The molecule has 2 aliphatic rings. The third kappa shape index (κ3) is 4.58. The van der Waals surface area contributed by atoms with Crippen molar-refractivity contribution in [3.05, 3.63) is 84.7 Å². The number of rotatable bonds is 4. The van der Waals surface area contributed by atoms with Crippen molar-refractivity contribution >= 4 is 5.82 Å². The van der Waals surface area contributed by atoms with E-state index in [2.05, 4.69) is 77.5 Å². The average Bonchev–Trinajstić information content (AvgIpc) is 2.93. The van der Waals surface area contributed by atoms with E-state index in [4.69, 9.17) is 9.97 Å². The monoisotopic (exact) mass is 460 g/mol. The molecule has 4 nitrogen and oxygen atoms in total. The Morgan fingerprint density at radius 3 is 2.34 bits per heavy atom. The first-order valence-electron chi connectivity index (χ1n) is 13.0. The second-order valence-electron chi connectivity index (χ2n) is 10.1. The lowest BCUT2D eigenvalue weighted by Crippen LogP contribution is -2.47. The summed E-state index contributed by atoms with van der Waals surface area (Å²) in [6.45, 7) is 3.19. The predicted octanol–water partition coefficient (Wildman–Crippen LogP) is 7.34. The van der Waals surface area contributed by atoms with Gasteiger partial charge in [-0.2, -0.15) is 0 Å². The molecule has 2 unspecified atom stereocenters. The van der Waals surface area contributed by atoms with Gasteiger partial charge in [-0.25, -0.2) is 9.97 Å². The molecule has 0 N–H and O–H groups in total. The zero-order valence-electron chi connectivity index (χ0n) is 20.4. The largest absolute Gasteiger partial charge is 0.353 e. The molecule has 3 heterocycles. The summed E-state index contributed by atoms with van der Waals surface area (Å²) in [5.74, 6) is 2.64. The predicted molar refractivity (Wildman–Crippen MR) is 143 cm³/mol. The number of hydrogen-bond donors (Lipinski definition) is 0. The van der Waals surface area contributed by atoms with Gasteiger partial charge < -0.3 is 4.90 Å². The highest BCUT2D eigenvalue weighted by Gasteiger charge is 2.34. The first-order chi connectivity index (χ1) is 17.2. The Balaban J connectivity index is 1.44. The molecule has 2 atom stereocenters. The summed E-state index contributed by atoms with van der Waals surface area (Å²) in [4.78, 5) is 17.4. The molecule has 0 bridgehead atoms. The highest BCUT2D eigenvalue weighted by molar-refractivity contribution is 5.73. The summed E-state index contributed by atoms with van der Waals surface area (Å²) < 4.78 is 0. The average molecular weight is 461 g/mol. The van der Waals surface area contributed by atoms with Gasteiger partial charge in [0, 0.05) is 47.7 Å². The molecule has 2 fully saturated rings. The fraction of sp³-hybridized carbons (Fsp3) is 0.323. The van der Waals surface area contributed by atoms with Crippen molar-refractivity contribution in [1.82, 2.24) is 15.0 Å². The van der Waals surface area contributed by atoms with Crippen molar-refractivity contribution in [2.45, 2.75) is 51.5 Å². The maximum absolute atomic E-state index is 5.13. The summed E-state index contributed by atoms with van der Waals surface area (Å²) in [6, 6.07) is 24.0. The maximum atomic E-state index is 5.13. The molecule has 176 valence electrons. The Morgan fingerprint density at radius 1 is 0.714 bits per heavy atom. The maximum Gasteiger partial charge on any atom is 0.162 e. The molecule has 6 rings (SSSR count). The van der Waals surface area contributed by atoms with Gasteiger partial charge in [0.2, 0.25) is 0 Å². The number of benzene rings is 2. The minimum absolute atomic E-state index is 0.598. The summed E-state index contributed by atoms with van der Waals surface area (Å²) in [5, 5.41) is 0. The van der Waals surface area contributed by atoms with Crippen molar-refractivity contribution in [3.63, 3.8) is 0 Å². The van der Waals surface area contributed by atoms with E-state index in [9.17, 15) is 0 Å². The standard InChI is InChI=1S/C31H32N4/c1-22-13-15-23(16-14-22)26-18-27(21-32-20-26)28-19-30(34-31(33-28)25-9-3-2-4-10-25)35-17-7-11-24-8-5-6-12-29(24)35/h2-4,9-10,13-16,18-21,24,29H,5-8,11-12,17H2,1H3. The molecule has 1 saturated carbocycles. The molecular weight excluding hydrogens is 428 g/mol. The van der Waals surface area contributed by atoms with E-state index in [0.717, 1.165) is 46.5 Å². The fourth-order valence-electron chi connectivity index (χ4n) is 5.84. The molecule has 1 aliphatic heterocycles.